The normalized spacial score (nSPS) is 12.4. The number of aromatic nitrogens is 2. The molecule has 1 N–H and O–H groups in total. The van der Waals surface area contributed by atoms with Crippen LogP contribution in [0.3, 0.4) is 0 Å². The topological polar surface area (TPSA) is 29.9 Å². The molecule has 80 valence electrons. The van der Waals surface area contributed by atoms with Crippen LogP contribution in [0.1, 0.15) is 39.3 Å². The second-order valence-corrected chi connectivity index (χ2v) is 4.73. The highest BCUT2D eigenvalue weighted by Crippen LogP contribution is 2.13. The number of rotatable bonds is 4. The van der Waals surface area contributed by atoms with Gasteiger partial charge in [-0.3, -0.25) is 4.68 Å². The van der Waals surface area contributed by atoms with Crippen molar-refractivity contribution in [3.05, 3.63) is 18.0 Å². The highest BCUT2D eigenvalue weighted by atomic mass is 15.3. The molecule has 1 aromatic heterocycles. The van der Waals surface area contributed by atoms with Crippen LogP contribution in [0.4, 0.5) is 0 Å². The van der Waals surface area contributed by atoms with E-state index in [1.807, 2.05) is 17.9 Å². The van der Waals surface area contributed by atoms with Crippen LogP contribution in [0.2, 0.25) is 0 Å². The van der Waals surface area contributed by atoms with Crippen molar-refractivity contribution in [1.82, 2.24) is 15.1 Å². The van der Waals surface area contributed by atoms with Crippen molar-refractivity contribution in [2.24, 2.45) is 0 Å². The Morgan fingerprint density at radius 2 is 2.14 bits per heavy atom. The van der Waals surface area contributed by atoms with Crippen molar-refractivity contribution in [3.63, 3.8) is 0 Å². The first-order valence-electron chi connectivity index (χ1n) is 5.16. The van der Waals surface area contributed by atoms with Gasteiger partial charge in [-0.1, -0.05) is 0 Å². The Morgan fingerprint density at radius 1 is 1.50 bits per heavy atom. The standard InChI is InChI=1S/C11H21N3/c1-9(2)14-8-10(7-13-14)6-11(3,4)12-5/h7-9,12H,6H2,1-5H3. The van der Waals surface area contributed by atoms with E-state index in [4.69, 9.17) is 0 Å². The van der Waals surface area contributed by atoms with Crippen LogP contribution in [-0.2, 0) is 6.42 Å². The third-order valence-electron chi connectivity index (χ3n) is 2.51. The summed E-state index contributed by atoms with van der Waals surface area (Å²) in [5.41, 5.74) is 1.43. The maximum atomic E-state index is 4.32. The minimum atomic E-state index is 0.144. The summed E-state index contributed by atoms with van der Waals surface area (Å²) in [6.45, 7) is 8.67. The molecule has 0 bridgehead atoms. The minimum Gasteiger partial charge on any atom is -0.314 e. The van der Waals surface area contributed by atoms with Gasteiger partial charge in [0.2, 0.25) is 0 Å². The van der Waals surface area contributed by atoms with Gasteiger partial charge in [0.1, 0.15) is 0 Å². The van der Waals surface area contributed by atoms with E-state index in [-0.39, 0.29) is 5.54 Å². The Bertz CT molecular complexity index is 286. The lowest BCUT2D eigenvalue weighted by molar-refractivity contribution is 0.421. The van der Waals surface area contributed by atoms with E-state index in [2.05, 4.69) is 44.3 Å². The van der Waals surface area contributed by atoms with Gasteiger partial charge in [0.05, 0.1) is 6.20 Å². The van der Waals surface area contributed by atoms with E-state index in [1.165, 1.54) is 5.56 Å². The summed E-state index contributed by atoms with van der Waals surface area (Å²) in [5.74, 6) is 0. The first-order chi connectivity index (χ1) is 6.44. The molecular formula is C11H21N3. The molecule has 0 atom stereocenters. The molecule has 0 unspecified atom stereocenters. The summed E-state index contributed by atoms with van der Waals surface area (Å²) in [5, 5.41) is 7.61. The van der Waals surface area contributed by atoms with Gasteiger partial charge in [-0.25, -0.2) is 0 Å². The van der Waals surface area contributed by atoms with Crippen LogP contribution >= 0.6 is 0 Å². The van der Waals surface area contributed by atoms with Gasteiger partial charge >= 0.3 is 0 Å². The lowest BCUT2D eigenvalue weighted by Crippen LogP contribution is -2.38. The smallest absolute Gasteiger partial charge is 0.0522 e. The molecule has 1 heterocycles. The van der Waals surface area contributed by atoms with E-state index in [9.17, 15) is 0 Å². The zero-order chi connectivity index (χ0) is 10.8. The molecule has 0 radical (unpaired) electrons. The van der Waals surface area contributed by atoms with E-state index in [0.717, 1.165) is 6.42 Å². The molecule has 0 saturated heterocycles. The third kappa shape index (κ3) is 2.84. The zero-order valence-electron chi connectivity index (χ0n) is 9.83. The van der Waals surface area contributed by atoms with Crippen LogP contribution in [0.25, 0.3) is 0 Å². The molecule has 0 aliphatic rings. The van der Waals surface area contributed by atoms with Gasteiger partial charge < -0.3 is 5.32 Å². The molecule has 0 aromatic carbocycles. The Hall–Kier alpha value is -0.830. The largest absolute Gasteiger partial charge is 0.314 e. The number of nitrogens with one attached hydrogen (secondary N) is 1. The molecular weight excluding hydrogens is 174 g/mol. The fourth-order valence-electron chi connectivity index (χ4n) is 1.35. The molecule has 14 heavy (non-hydrogen) atoms. The van der Waals surface area contributed by atoms with E-state index in [0.29, 0.717) is 6.04 Å². The van der Waals surface area contributed by atoms with Crippen molar-refractivity contribution < 1.29 is 0 Å². The van der Waals surface area contributed by atoms with Gasteiger partial charge in [0.15, 0.2) is 0 Å². The summed E-state index contributed by atoms with van der Waals surface area (Å²) in [4.78, 5) is 0. The fourth-order valence-corrected chi connectivity index (χ4v) is 1.35. The molecule has 0 aliphatic heterocycles. The van der Waals surface area contributed by atoms with Gasteiger partial charge in [0.25, 0.3) is 0 Å². The summed E-state index contributed by atoms with van der Waals surface area (Å²) in [6, 6.07) is 0.446. The van der Waals surface area contributed by atoms with Gasteiger partial charge in [-0.05, 0) is 46.7 Å². The first kappa shape index (κ1) is 11.2. The van der Waals surface area contributed by atoms with Crippen LogP contribution in [-0.4, -0.2) is 22.4 Å². The predicted octanol–water partition coefficient (Wildman–Crippen LogP) is 2.00. The highest BCUT2D eigenvalue weighted by Gasteiger charge is 2.16. The van der Waals surface area contributed by atoms with Crippen molar-refractivity contribution in [2.75, 3.05) is 7.05 Å². The number of hydrogen-bond acceptors (Lipinski definition) is 2. The van der Waals surface area contributed by atoms with Gasteiger partial charge in [-0.15, -0.1) is 0 Å². The SMILES string of the molecule is CNC(C)(C)Cc1cnn(C(C)C)c1. The van der Waals surface area contributed by atoms with Crippen LogP contribution in [0.5, 0.6) is 0 Å². The summed E-state index contributed by atoms with van der Waals surface area (Å²) in [6.07, 6.45) is 5.10. The van der Waals surface area contributed by atoms with E-state index >= 15 is 0 Å². The number of likely N-dealkylation sites (N-methyl/N-ethyl adjacent to an activating group) is 1. The summed E-state index contributed by atoms with van der Waals surface area (Å²) >= 11 is 0. The first-order valence-corrected chi connectivity index (χ1v) is 5.16. The molecule has 0 amide bonds. The molecule has 3 nitrogen and oxygen atoms in total. The Morgan fingerprint density at radius 3 is 2.57 bits per heavy atom. The molecule has 0 spiro atoms. The third-order valence-corrected chi connectivity index (χ3v) is 2.51. The predicted molar refractivity (Wildman–Crippen MR) is 59.5 cm³/mol. The van der Waals surface area contributed by atoms with Crippen LogP contribution in [0.15, 0.2) is 12.4 Å². The fraction of sp³-hybridized carbons (Fsp3) is 0.727. The second-order valence-electron chi connectivity index (χ2n) is 4.73. The molecule has 1 aromatic rings. The maximum Gasteiger partial charge on any atom is 0.0522 e. The summed E-state index contributed by atoms with van der Waals surface area (Å²) in [7, 11) is 1.99. The van der Waals surface area contributed by atoms with Gasteiger partial charge in [-0.2, -0.15) is 5.10 Å². The highest BCUT2D eigenvalue weighted by molar-refractivity contribution is 5.08. The zero-order valence-corrected chi connectivity index (χ0v) is 9.83. The van der Waals surface area contributed by atoms with Crippen LogP contribution < -0.4 is 5.32 Å². The van der Waals surface area contributed by atoms with Crippen molar-refractivity contribution in [3.8, 4) is 0 Å². The number of hydrogen-bond donors (Lipinski definition) is 1. The average Bonchev–Trinajstić information content (AvgIpc) is 2.52. The quantitative estimate of drug-likeness (QED) is 0.796. The Balaban J connectivity index is 2.69. The molecule has 0 fully saturated rings. The van der Waals surface area contributed by atoms with Crippen molar-refractivity contribution in [2.45, 2.75) is 45.7 Å². The average molecular weight is 195 g/mol. The minimum absolute atomic E-state index is 0.144. The lowest BCUT2D eigenvalue weighted by atomic mass is 9.97. The number of nitrogens with zero attached hydrogens (tertiary/aromatic N) is 2. The van der Waals surface area contributed by atoms with Crippen LogP contribution in [0, 0.1) is 0 Å². The molecule has 3 heteroatoms. The Labute approximate surface area is 86.5 Å². The monoisotopic (exact) mass is 195 g/mol. The second kappa shape index (κ2) is 4.13. The van der Waals surface area contributed by atoms with Crippen molar-refractivity contribution >= 4 is 0 Å². The lowest BCUT2D eigenvalue weighted by Gasteiger charge is -2.22. The van der Waals surface area contributed by atoms with E-state index < -0.39 is 0 Å². The molecule has 0 saturated carbocycles. The molecule has 0 aliphatic carbocycles. The molecule has 1 rings (SSSR count). The summed E-state index contributed by atoms with van der Waals surface area (Å²) < 4.78 is 2.00. The van der Waals surface area contributed by atoms with Crippen molar-refractivity contribution in [1.29, 1.82) is 0 Å². The maximum absolute atomic E-state index is 4.32. The Kier molecular flexibility index (Phi) is 3.32. The van der Waals surface area contributed by atoms with E-state index in [1.54, 1.807) is 0 Å². The van der Waals surface area contributed by atoms with Gasteiger partial charge in [0, 0.05) is 17.8 Å².